The third kappa shape index (κ3) is 2.33. The molecule has 0 spiro atoms. The Morgan fingerprint density at radius 2 is 1.80 bits per heavy atom. The molecule has 2 aliphatic rings. The minimum absolute atomic E-state index is 0.240. The molecule has 0 aliphatic heterocycles. The molecule has 0 heterocycles. The van der Waals surface area contributed by atoms with Gasteiger partial charge in [0.1, 0.15) is 5.75 Å². The van der Waals surface area contributed by atoms with E-state index in [2.05, 4.69) is 6.07 Å². The van der Waals surface area contributed by atoms with Gasteiger partial charge in [-0.25, -0.2) is 0 Å². The molecule has 0 unspecified atom stereocenters. The van der Waals surface area contributed by atoms with Crippen LogP contribution in [0.2, 0.25) is 5.02 Å². The van der Waals surface area contributed by atoms with Crippen LogP contribution < -0.4 is 10.5 Å². The summed E-state index contributed by atoms with van der Waals surface area (Å²) in [5, 5.41) is 0.818. The Balaban J connectivity index is 2.14. The van der Waals surface area contributed by atoms with Gasteiger partial charge in [-0.1, -0.05) is 30.9 Å². The van der Waals surface area contributed by atoms with Crippen LogP contribution in [0.5, 0.6) is 5.75 Å². The van der Waals surface area contributed by atoms with Crippen LogP contribution in [0.4, 0.5) is 0 Å². The lowest BCUT2D eigenvalue weighted by Gasteiger charge is -2.28. The Bertz CT molecular complexity index is 506. The molecule has 0 bridgehead atoms. The van der Waals surface area contributed by atoms with Crippen LogP contribution in [0.15, 0.2) is 6.07 Å². The van der Waals surface area contributed by atoms with Crippen molar-refractivity contribution in [1.29, 1.82) is 0 Å². The fraction of sp³-hybridized carbons (Fsp3) is 0.647. The first-order valence-electron chi connectivity index (χ1n) is 7.83. The van der Waals surface area contributed by atoms with Crippen LogP contribution in [0, 0.1) is 0 Å². The topological polar surface area (TPSA) is 35.2 Å². The van der Waals surface area contributed by atoms with Gasteiger partial charge in [-0.15, -0.1) is 0 Å². The summed E-state index contributed by atoms with van der Waals surface area (Å²) < 4.78 is 5.65. The lowest BCUT2D eigenvalue weighted by atomic mass is 9.85. The average Bonchev–Trinajstić information content (AvgIpc) is 2.74. The van der Waals surface area contributed by atoms with Crippen molar-refractivity contribution in [2.24, 2.45) is 5.73 Å². The minimum atomic E-state index is -0.240. The third-order valence-corrected chi connectivity index (χ3v) is 5.42. The van der Waals surface area contributed by atoms with Crippen molar-refractivity contribution in [2.45, 2.75) is 63.3 Å². The van der Waals surface area contributed by atoms with Crippen LogP contribution in [-0.2, 0) is 18.4 Å². The van der Waals surface area contributed by atoms with Gasteiger partial charge >= 0.3 is 0 Å². The maximum Gasteiger partial charge on any atom is 0.142 e. The van der Waals surface area contributed by atoms with Gasteiger partial charge in [0.2, 0.25) is 0 Å². The molecule has 0 amide bonds. The molecule has 0 radical (unpaired) electrons. The number of methoxy groups -OCH3 is 1. The SMILES string of the molecule is COc1c(C2(N)CCCC2)cc2c(c1Cl)CCCCC2. The zero-order valence-corrected chi connectivity index (χ0v) is 13.1. The van der Waals surface area contributed by atoms with E-state index in [0.717, 1.165) is 42.0 Å². The van der Waals surface area contributed by atoms with E-state index in [1.807, 2.05) is 0 Å². The average molecular weight is 294 g/mol. The van der Waals surface area contributed by atoms with E-state index in [4.69, 9.17) is 22.1 Å². The molecule has 1 aromatic rings. The molecule has 0 atom stereocenters. The van der Waals surface area contributed by atoms with E-state index in [1.165, 1.54) is 43.2 Å². The van der Waals surface area contributed by atoms with Gasteiger partial charge in [-0.05, 0) is 55.7 Å². The van der Waals surface area contributed by atoms with Gasteiger partial charge in [0, 0.05) is 11.1 Å². The van der Waals surface area contributed by atoms with Crippen LogP contribution in [0.3, 0.4) is 0 Å². The number of hydrogen-bond acceptors (Lipinski definition) is 2. The van der Waals surface area contributed by atoms with Gasteiger partial charge < -0.3 is 10.5 Å². The highest BCUT2D eigenvalue weighted by molar-refractivity contribution is 6.33. The standard InChI is InChI=1S/C17H24ClNO/c1-20-16-14(17(19)9-5-6-10-17)11-12-7-3-2-4-8-13(12)15(16)18/h11H,2-10,19H2,1H3. The number of rotatable bonds is 2. The Hall–Kier alpha value is -0.730. The molecule has 2 nitrogen and oxygen atoms in total. The van der Waals surface area contributed by atoms with Gasteiger partial charge in [0.15, 0.2) is 0 Å². The Kier molecular flexibility index (Phi) is 3.96. The molecule has 0 saturated heterocycles. The molecule has 1 aromatic carbocycles. The first-order chi connectivity index (χ1) is 9.65. The fourth-order valence-electron chi connectivity index (χ4n) is 3.86. The van der Waals surface area contributed by atoms with Crippen molar-refractivity contribution in [3.63, 3.8) is 0 Å². The summed E-state index contributed by atoms with van der Waals surface area (Å²) in [6.45, 7) is 0. The number of benzene rings is 1. The van der Waals surface area contributed by atoms with Crippen molar-refractivity contribution in [2.75, 3.05) is 7.11 Å². The van der Waals surface area contributed by atoms with E-state index in [0.29, 0.717) is 0 Å². The predicted octanol–water partition coefficient (Wildman–Crippen LogP) is 4.35. The maximum absolute atomic E-state index is 6.66. The van der Waals surface area contributed by atoms with E-state index < -0.39 is 0 Å². The predicted molar refractivity (Wildman–Crippen MR) is 83.6 cm³/mol. The summed E-state index contributed by atoms with van der Waals surface area (Å²) in [5.74, 6) is 0.830. The van der Waals surface area contributed by atoms with Crippen LogP contribution in [0.1, 0.15) is 61.6 Å². The number of ether oxygens (including phenoxy) is 1. The monoisotopic (exact) mass is 293 g/mol. The fourth-order valence-corrected chi connectivity index (χ4v) is 4.25. The smallest absolute Gasteiger partial charge is 0.142 e. The summed E-state index contributed by atoms with van der Waals surface area (Å²) in [7, 11) is 1.71. The van der Waals surface area contributed by atoms with Crippen molar-refractivity contribution in [1.82, 2.24) is 0 Å². The van der Waals surface area contributed by atoms with Crippen LogP contribution >= 0.6 is 11.6 Å². The number of nitrogens with two attached hydrogens (primary N) is 1. The molecule has 3 heteroatoms. The van der Waals surface area contributed by atoms with E-state index in [-0.39, 0.29) is 5.54 Å². The van der Waals surface area contributed by atoms with E-state index in [1.54, 1.807) is 7.11 Å². The van der Waals surface area contributed by atoms with Crippen LogP contribution in [-0.4, -0.2) is 7.11 Å². The third-order valence-electron chi connectivity index (χ3n) is 5.02. The summed E-state index contributed by atoms with van der Waals surface area (Å²) >= 11 is 6.66. The molecule has 2 N–H and O–H groups in total. The second-order valence-corrected chi connectivity index (χ2v) is 6.71. The summed E-state index contributed by atoms with van der Waals surface area (Å²) in [4.78, 5) is 0. The van der Waals surface area contributed by atoms with Crippen molar-refractivity contribution < 1.29 is 4.74 Å². The number of hydrogen-bond donors (Lipinski definition) is 1. The maximum atomic E-state index is 6.66. The molecule has 1 fully saturated rings. The van der Waals surface area contributed by atoms with Gasteiger partial charge in [0.05, 0.1) is 12.1 Å². The van der Waals surface area contributed by atoms with Gasteiger partial charge in [-0.2, -0.15) is 0 Å². The van der Waals surface area contributed by atoms with Gasteiger partial charge in [-0.3, -0.25) is 0 Å². The highest BCUT2D eigenvalue weighted by Crippen LogP contribution is 2.46. The van der Waals surface area contributed by atoms with Crippen molar-refractivity contribution >= 4 is 11.6 Å². The largest absolute Gasteiger partial charge is 0.495 e. The molecule has 20 heavy (non-hydrogen) atoms. The minimum Gasteiger partial charge on any atom is -0.495 e. The molecule has 2 aliphatic carbocycles. The van der Waals surface area contributed by atoms with Crippen molar-refractivity contribution in [3.8, 4) is 5.75 Å². The van der Waals surface area contributed by atoms with E-state index in [9.17, 15) is 0 Å². The molecular weight excluding hydrogens is 270 g/mol. The molecule has 110 valence electrons. The van der Waals surface area contributed by atoms with Gasteiger partial charge in [0.25, 0.3) is 0 Å². The molecule has 3 rings (SSSR count). The zero-order chi connectivity index (χ0) is 14.2. The highest BCUT2D eigenvalue weighted by atomic mass is 35.5. The first-order valence-corrected chi connectivity index (χ1v) is 8.21. The lowest BCUT2D eigenvalue weighted by molar-refractivity contribution is 0.378. The second-order valence-electron chi connectivity index (χ2n) is 6.33. The Morgan fingerprint density at radius 1 is 1.10 bits per heavy atom. The number of fused-ring (bicyclic) bond motifs is 1. The molecular formula is C17H24ClNO. The normalized spacial score (nSPS) is 21.4. The summed E-state index contributed by atoms with van der Waals surface area (Å²) in [6, 6.07) is 2.30. The Labute approximate surface area is 126 Å². The zero-order valence-electron chi connectivity index (χ0n) is 12.3. The first kappa shape index (κ1) is 14.2. The Morgan fingerprint density at radius 3 is 2.50 bits per heavy atom. The number of halogens is 1. The highest BCUT2D eigenvalue weighted by Gasteiger charge is 2.35. The quantitative estimate of drug-likeness (QED) is 0.823. The van der Waals surface area contributed by atoms with Crippen LogP contribution in [0.25, 0.3) is 0 Å². The van der Waals surface area contributed by atoms with Crippen molar-refractivity contribution in [3.05, 3.63) is 27.8 Å². The molecule has 0 aromatic heterocycles. The second kappa shape index (κ2) is 5.57. The van der Waals surface area contributed by atoms with E-state index >= 15 is 0 Å². The number of aryl methyl sites for hydroxylation is 1. The lowest BCUT2D eigenvalue weighted by Crippen LogP contribution is -2.34. The molecule has 1 saturated carbocycles. The summed E-state index contributed by atoms with van der Waals surface area (Å²) in [6.07, 6.45) is 10.5. The summed E-state index contributed by atoms with van der Waals surface area (Å²) in [5.41, 5.74) is 10.3.